The molecule has 0 aliphatic carbocycles. The highest BCUT2D eigenvalue weighted by Crippen LogP contribution is 2.27. The van der Waals surface area contributed by atoms with Crippen LogP contribution in [-0.2, 0) is 16.0 Å². The lowest BCUT2D eigenvalue weighted by Gasteiger charge is -2.23. The molecule has 7 nitrogen and oxygen atoms in total. The first-order chi connectivity index (χ1) is 20.9. The van der Waals surface area contributed by atoms with Gasteiger partial charge < -0.3 is 20.1 Å². The third-order valence-corrected chi connectivity index (χ3v) is 7.22. The van der Waals surface area contributed by atoms with Crippen LogP contribution in [-0.4, -0.2) is 42.0 Å². The number of nitrogens with zero attached hydrogens (tertiary/aromatic N) is 1. The van der Waals surface area contributed by atoms with Crippen LogP contribution in [0.25, 0.3) is 10.8 Å². The number of carboxylic acids is 1. The molecular formula is C36H32N2O5. The van der Waals surface area contributed by atoms with Crippen LogP contribution in [0.2, 0.25) is 0 Å². The molecule has 1 atom stereocenters. The number of anilines is 2. The summed E-state index contributed by atoms with van der Waals surface area (Å²) in [5, 5.41) is 15.1. The lowest BCUT2D eigenvalue weighted by atomic mass is 10.00. The minimum atomic E-state index is -1.03. The van der Waals surface area contributed by atoms with Crippen LogP contribution in [0.4, 0.5) is 11.4 Å². The summed E-state index contributed by atoms with van der Waals surface area (Å²) >= 11 is 0. The van der Waals surface area contributed by atoms with Crippen molar-refractivity contribution in [1.29, 1.82) is 0 Å². The number of hydrogen-bond donors (Lipinski definition) is 2. The van der Waals surface area contributed by atoms with Gasteiger partial charge in [-0.2, -0.15) is 0 Å². The summed E-state index contributed by atoms with van der Waals surface area (Å²) in [5.41, 5.74) is 3.03. The number of ketones is 1. The fourth-order valence-electron chi connectivity index (χ4n) is 5.04. The van der Waals surface area contributed by atoms with E-state index in [1.54, 1.807) is 72.5 Å². The summed E-state index contributed by atoms with van der Waals surface area (Å²) in [6.45, 7) is 2.20. The number of nitrogens with one attached hydrogen (secondary N) is 1. The molecule has 0 aliphatic rings. The molecule has 1 amide bonds. The molecule has 5 rings (SSSR count). The maximum absolute atomic E-state index is 13.1. The smallest absolute Gasteiger partial charge is 0.326 e. The Morgan fingerprint density at radius 1 is 0.791 bits per heavy atom. The molecule has 43 heavy (non-hydrogen) atoms. The molecule has 0 spiro atoms. The van der Waals surface area contributed by atoms with Crippen molar-refractivity contribution < 1.29 is 24.2 Å². The highest BCUT2D eigenvalue weighted by molar-refractivity contribution is 6.12. The lowest BCUT2D eigenvalue weighted by Crippen LogP contribution is -2.33. The van der Waals surface area contributed by atoms with Gasteiger partial charge in [0.15, 0.2) is 5.78 Å². The maximum atomic E-state index is 13.1. The van der Waals surface area contributed by atoms with E-state index < -0.39 is 12.0 Å². The number of para-hydroxylation sites is 1. The van der Waals surface area contributed by atoms with Gasteiger partial charge in [0.25, 0.3) is 0 Å². The number of amides is 1. The molecule has 0 radical (unpaired) electrons. The maximum Gasteiger partial charge on any atom is 0.326 e. The van der Waals surface area contributed by atoms with E-state index in [-0.39, 0.29) is 24.7 Å². The third kappa shape index (κ3) is 7.08. The van der Waals surface area contributed by atoms with Gasteiger partial charge in [0.2, 0.25) is 5.91 Å². The monoisotopic (exact) mass is 572 g/mol. The Morgan fingerprint density at radius 3 is 2.21 bits per heavy atom. The van der Waals surface area contributed by atoms with Crippen molar-refractivity contribution >= 4 is 39.8 Å². The van der Waals surface area contributed by atoms with Gasteiger partial charge in [-0.05, 0) is 41.3 Å². The zero-order valence-corrected chi connectivity index (χ0v) is 23.8. The Kier molecular flexibility index (Phi) is 9.12. The Hall–Kier alpha value is -5.43. The number of benzene rings is 5. The normalized spacial score (nSPS) is 11.5. The van der Waals surface area contributed by atoms with Gasteiger partial charge in [0.05, 0.1) is 12.2 Å². The van der Waals surface area contributed by atoms with Gasteiger partial charge in [0.1, 0.15) is 18.4 Å². The third-order valence-electron chi connectivity index (χ3n) is 7.22. The van der Waals surface area contributed by atoms with Crippen LogP contribution in [0, 0.1) is 0 Å². The zero-order valence-electron chi connectivity index (χ0n) is 23.8. The van der Waals surface area contributed by atoms with E-state index in [0.29, 0.717) is 29.1 Å². The fourth-order valence-corrected chi connectivity index (χ4v) is 5.04. The summed E-state index contributed by atoms with van der Waals surface area (Å²) in [6.07, 6.45) is 0.197. The summed E-state index contributed by atoms with van der Waals surface area (Å²) in [6, 6.07) is 35.9. The largest absolute Gasteiger partial charge is 0.492 e. The summed E-state index contributed by atoms with van der Waals surface area (Å²) in [7, 11) is 0. The molecule has 5 aromatic rings. The molecule has 7 heteroatoms. The average molecular weight is 573 g/mol. The van der Waals surface area contributed by atoms with E-state index in [4.69, 9.17) is 4.74 Å². The molecule has 0 saturated carbocycles. The summed E-state index contributed by atoms with van der Waals surface area (Å²) in [4.78, 5) is 39.5. The molecular weight excluding hydrogens is 540 g/mol. The van der Waals surface area contributed by atoms with Gasteiger partial charge in [0, 0.05) is 35.5 Å². The van der Waals surface area contributed by atoms with Crippen molar-refractivity contribution in [3.63, 3.8) is 0 Å². The van der Waals surface area contributed by atoms with Gasteiger partial charge >= 0.3 is 5.97 Å². The number of carbonyl (C=O) groups is 3. The topological polar surface area (TPSA) is 95.9 Å². The van der Waals surface area contributed by atoms with Crippen molar-refractivity contribution in [2.45, 2.75) is 19.4 Å². The van der Waals surface area contributed by atoms with Crippen molar-refractivity contribution in [3.8, 4) is 5.75 Å². The second-order valence-corrected chi connectivity index (χ2v) is 10.1. The second-order valence-electron chi connectivity index (χ2n) is 10.1. The molecule has 0 aromatic heterocycles. The first-order valence-corrected chi connectivity index (χ1v) is 14.1. The quantitative estimate of drug-likeness (QED) is 0.163. The first-order valence-electron chi connectivity index (χ1n) is 14.1. The SMILES string of the molecule is CC(=O)N(CCOc1ccc(C[C@H](Nc2ccccc2C(=O)c2ccccc2)C(=O)O)cc1)c1cccc2ccccc12. The second kappa shape index (κ2) is 13.5. The number of ether oxygens (including phenoxy) is 1. The summed E-state index contributed by atoms with van der Waals surface area (Å²) < 4.78 is 5.94. The Morgan fingerprint density at radius 2 is 1.47 bits per heavy atom. The highest BCUT2D eigenvalue weighted by Gasteiger charge is 2.21. The van der Waals surface area contributed by atoms with E-state index in [2.05, 4.69) is 5.32 Å². The molecule has 2 N–H and O–H groups in total. The zero-order chi connectivity index (χ0) is 30.2. The average Bonchev–Trinajstić information content (AvgIpc) is 3.03. The van der Waals surface area contributed by atoms with E-state index in [1.165, 1.54) is 0 Å². The molecule has 0 heterocycles. The van der Waals surface area contributed by atoms with Crippen LogP contribution in [0.15, 0.2) is 121 Å². The van der Waals surface area contributed by atoms with E-state index in [1.807, 2.05) is 60.7 Å². The fraction of sp³-hybridized carbons (Fsp3) is 0.139. The molecule has 0 saturated heterocycles. The van der Waals surface area contributed by atoms with E-state index >= 15 is 0 Å². The summed E-state index contributed by atoms with van der Waals surface area (Å²) in [5.74, 6) is -0.670. The van der Waals surface area contributed by atoms with Crippen LogP contribution in [0.3, 0.4) is 0 Å². The van der Waals surface area contributed by atoms with Gasteiger partial charge in [-0.3, -0.25) is 9.59 Å². The Balaban J connectivity index is 1.22. The predicted molar refractivity (Wildman–Crippen MR) is 169 cm³/mol. The minimum absolute atomic E-state index is 0.0745. The van der Waals surface area contributed by atoms with Crippen molar-refractivity contribution in [2.24, 2.45) is 0 Å². The molecule has 5 aromatic carbocycles. The Labute approximate surface area is 250 Å². The van der Waals surface area contributed by atoms with E-state index in [0.717, 1.165) is 22.0 Å². The standard InChI is InChI=1S/C36H32N2O5/c1-25(39)38(34-17-9-13-27-10-5-6-14-30(27)34)22-23-43-29-20-18-26(19-21-29)24-33(36(41)42)37-32-16-8-7-15-31(32)35(40)28-11-3-2-4-12-28/h2-21,33,37H,22-24H2,1H3,(H,41,42)/t33-/m0/s1. The molecule has 0 bridgehead atoms. The number of rotatable bonds is 12. The number of fused-ring (bicyclic) bond motifs is 1. The number of aliphatic carboxylic acids is 1. The van der Waals surface area contributed by atoms with Gasteiger partial charge in [-0.1, -0.05) is 91.0 Å². The van der Waals surface area contributed by atoms with Crippen LogP contribution in [0.1, 0.15) is 28.4 Å². The highest BCUT2D eigenvalue weighted by atomic mass is 16.5. The molecule has 0 fully saturated rings. The number of hydrogen-bond acceptors (Lipinski definition) is 5. The number of carbonyl (C=O) groups excluding carboxylic acids is 2. The number of carboxylic acid groups (broad SMARTS) is 1. The van der Waals surface area contributed by atoms with E-state index in [9.17, 15) is 19.5 Å². The molecule has 0 aliphatic heterocycles. The first kappa shape index (κ1) is 29.1. The van der Waals surface area contributed by atoms with Crippen LogP contribution in [0.5, 0.6) is 5.75 Å². The van der Waals surface area contributed by atoms with Gasteiger partial charge in [-0.15, -0.1) is 0 Å². The van der Waals surface area contributed by atoms with Crippen LogP contribution < -0.4 is 15.0 Å². The lowest BCUT2D eigenvalue weighted by molar-refractivity contribution is -0.137. The minimum Gasteiger partial charge on any atom is -0.492 e. The Bertz CT molecular complexity index is 1730. The van der Waals surface area contributed by atoms with Crippen molar-refractivity contribution in [1.82, 2.24) is 0 Å². The van der Waals surface area contributed by atoms with Crippen molar-refractivity contribution in [2.75, 3.05) is 23.4 Å². The molecule has 0 unspecified atom stereocenters. The van der Waals surface area contributed by atoms with Crippen molar-refractivity contribution in [3.05, 3.63) is 138 Å². The van der Waals surface area contributed by atoms with Gasteiger partial charge in [-0.25, -0.2) is 4.79 Å². The molecule has 216 valence electrons. The van der Waals surface area contributed by atoms with Crippen LogP contribution >= 0.6 is 0 Å². The predicted octanol–water partition coefficient (Wildman–Crippen LogP) is 6.61.